The number of alkyl carbamates (subject to hydrolysis) is 1. The molecule has 0 aliphatic rings. The van der Waals surface area contributed by atoms with Crippen molar-refractivity contribution < 1.29 is 9.53 Å². The normalized spacial score (nSPS) is 12.8. The van der Waals surface area contributed by atoms with Crippen molar-refractivity contribution in [3.63, 3.8) is 0 Å². The number of hydrogen-bond donors (Lipinski definition) is 2. The van der Waals surface area contributed by atoms with Gasteiger partial charge in [-0.15, -0.1) is 0 Å². The molecule has 1 rings (SSSR count). The average molecular weight is 266 g/mol. The molecule has 1 heterocycles. The molecular weight excluding hydrogens is 244 g/mol. The summed E-state index contributed by atoms with van der Waals surface area (Å²) in [5.41, 5.74) is 0.442. The van der Waals surface area contributed by atoms with Crippen molar-refractivity contribution in [3.8, 4) is 0 Å². The number of nitrogens with zero attached hydrogens (tertiary/aromatic N) is 2. The maximum Gasteiger partial charge on any atom is 0.407 e. The molecule has 1 atom stereocenters. The zero-order valence-electron chi connectivity index (χ0n) is 11.9. The molecule has 1 amide bonds. The fraction of sp³-hybridized carbons (Fsp3) is 0.615. The lowest BCUT2D eigenvalue weighted by atomic mass is 10.2. The third kappa shape index (κ3) is 7.35. The van der Waals surface area contributed by atoms with Crippen molar-refractivity contribution in [2.75, 3.05) is 6.54 Å². The molecule has 1 aromatic heterocycles. The summed E-state index contributed by atoms with van der Waals surface area (Å²) in [4.78, 5) is 19.5. The van der Waals surface area contributed by atoms with Crippen LogP contribution in [0, 0.1) is 0 Å². The minimum atomic E-state index is -0.474. The molecule has 19 heavy (non-hydrogen) atoms. The quantitative estimate of drug-likeness (QED) is 0.844. The van der Waals surface area contributed by atoms with Gasteiger partial charge in [-0.3, -0.25) is 0 Å². The van der Waals surface area contributed by atoms with Crippen LogP contribution in [0.5, 0.6) is 0 Å². The van der Waals surface area contributed by atoms with Crippen LogP contribution in [-0.4, -0.2) is 34.2 Å². The summed E-state index contributed by atoms with van der Waals surface area (Å²) in [6, 6.07) is 1.83. The van der Waals surface area contributed by atoms with E-state index in [1.807, 2.05) is 33.8 Å². The summed E-state index contributed by atoms with van der Waals surface area (Å²) < 4.78 is 5.17. The van der Waals surface area contributed by atoms with Crippen LogP contribution in [0.15, 0.2) is 18.6 Å². The van der Waals surface area contributed by atoms with Gasteiger partial charge in [0.05, 0.1) is 5.69 Å². The molecule has 0 radical (unpaired) electrons. The Morgan fingerprint density at radius 2 is 2.21 bits per heavy atom. The van der Waals surface area contributed by atoms with Gasteiger partial charge in [-0.25, -0.2) is 14.8 Å². The second-order valence-corrected chi connectivity index (χ2v) is 5.38. The summed E-state index contributed by atoms with van der Waals surface area (Å²) >= 11 is 0. The summed E-state index contributed by atoms with van der Waals surface area (Å²) in [5.74, 6) is 0. The third-order valence-corrected chi connectivity index (χ3v) is 2.16. The third-order valence-electron chi connectivity index (χ3n) is 2.16. The first-order valence-electron chi connectivity index (χ1n) is 6.32. The first-order chi connectivity index (χ1) is 8.87. The van der Waals surface area contributed by atoms with Crippen LogP contribution in [0.25, 0.3) is 0 Å². The van der Waals surface area contributed by atoms with Gasteiger partial charge < -0.3 is 15.4 Å². The lowest BCUT2D eigenvalue weighted by Crippen LogP contribution is -2.42. The van der Waals surface area contributed by atoms with Crippen LogP contribution in [-0.2, 0) is 11.3 Å². The summed E-state index contributed by atoms with van der Waals surface area (Å²) in [5, 5.41) is 5.98. The SMILES string of the molecule is CC(CNCc1ccncn1)NC(=O)OC(C)(C)C. The Kier molecular flexibility index (Phi) is 5.69. The van der Waals surface area contributed by atoms with E-state index in [-0.39, 0.29) is 6.04 Å². The van der Waals surface area contributed by atoms with Crippen LogP contribution in [0.4, 0.5) is 4.79 Å². The molecule has 106 valence electrons. The minimum Gasteiger partial charge on any atom is -0.444 e. The largest absolute Gasteiger partial charge is 0.444 e. The van der Waals surface area contributed by atoms with Crippen molar-refractivity contribution in [1.29, 1.82) is 0 Å². The monoisotopic (exact) mass is 266 g/mol. The molecular formula is C13H22N4O2. The maximum absolute atomic E-state index is 11.5. The number of rotatable bonds is 5. The lowest BCUT2D eigenvalue weighted by molar-refractivity contribution is 0.0508. The first kappa shape index (κ1) is 15.4. The van der Waals surface area contributed by atoms with E-state index in [0.717, 1.165) is 5.69 Å². The van der Waals surface area contributed by atoms with E-state index in [1.165, 1.54) is 6.33 Å². The number of carbonyl (C=O) groups excluding carboxylic acids is 1. The average Bonchev–Trinajstić information content (AvgIpc) is 2.27. The van der Waals surface area contributed by atoms with Gasteiger partial charge in [-0.1, -0.05) is 0 Å². The number of hydrogen-bond acceptors (Lipinski definition) is 5. The zero-order valence-corrected chi connectivity index (χ0v) is 11.9. The number of nitrogens with one attached hydrogen (secondary N) is 2. The highest BCUT2D eigenvalue weighted by atomic mass is 16.6. The Balaban J connectivity index is 2.21. The highest BCUT2D eigenvalue weighted by molar-refractivity contribution is 5.68. The van der Waals surface area contributed by atoms with Crippen LogP contribution in [0.3, 0.4) is 0 Å². The minimum absolute atomic E-state index is 0.0170. The molecule has 1 aromatic rings. The summed E-state index contributed by atoms with van der Waals surface area (Å²) in [7, 11) is 0. The molecule has 0 aromatic carbocycles. The zero-order chi connectivity index (χ0) is 14.3. The Labute approximate surface area is 114 Å². The molecule has 0 saturated carbocycles. The number of amides is 1. The van der Waals surface area contributed by atoms with Crippen LogP contribution >= 0.6 is 0 Å². The van der Waals surface area contributed by atoms with Gasteiger partial charge >= 0.3 is 6.09 Å². The van der Waals surface area contributed by atoms with Gasteiger partial charge in [0.1, 0.15) is 11.9 Å². The first-order valence-corrected chi connectivity index (χ1v) is 6.32. The predicted octanol–water partition coefficient (Wildman–Crippen LogP) is 1.48. The second kappa shape index (κ2) is 7.04. The maximum atomic E-state index is 11.5. The molecule has 0 bridgehead atoms. The smallest absolute Gasteiger partial charge is 0.407 e. The Morgan fingerprint density at radius 1 is 1.47 bits per heavy atom. The highest BCUT2D eigenvalue weighted by Gasteiger charge is 2.17. The van der Waals surface area contributed by atoms with Crippen molar-refractivity contribution in [1.82, 2.24) is 20.6 Å². The van der Waals surface area contributed by atoms with Crippen molar-refractivity contribution >= 4 is 6.09 Å². The number of aromatic nitrogens is 2. The van der Waals surface area contributed by atoms with E-state index in [1.54, 1.807) is 6.20 Å². The van der Waals surface area contributed by atoms with Crippen LogP contribution < -0.4 is 10.6 Å². The van der Waals surface area contributed by atoms with Gasteiger partial charge in [-0.2, -0.15) is 0 Å². The highest BCUT2D eigenvalue weighted by Crippen LogP contribution is 2.06. The van der Waals surface area contributed by atoms with Crippen molar-refractivity contribution in [2.45, 2.75) is 45.9 Å². The van der Waals surface area contributed by atoms with E-state index >= 15 is 0 Å². The van der Waals surface area contributed by atoms with Gasteiger partial charge in [0.25, 0.3) is 0 Å². The second-order valence-electron chi connectivity index (χ2n) is 5.38. The van der Waals surface area contributed by atoms with Crippen molar-refractivity contribution in [2.24, 2.45) is 0 Å². The molecule has 0 aliphatic carbocycles. The lowest BCUT2D eigenvalue weighted by Gasteiger charge is -2.22. The molecule has 6 heteroatoms. The van der Waals surface area contributed by atoms with Crippen molar-refractivity contribution in [3.05, 3.63) is 24.3 Å². The molecule has 0 aliphatic heterocycles. The molecule has 0 fully saturated rings. The van der Waals surface area contributed by atoms with Gasteiger partial charge in [0, 0.05) is 25.3 Å². The van der Waals surface area contributed by atoms with E-state index in [0.29, 0.717) is 13.1 Å². The number of ether oxygens (including phenoxy) is 1. The molecule has 0 saturated heterocycles. The van der Waals surface area contributed by atoms with Crippen LogP contribution in [0.2, 0.25) is 0 Å². The van der Waals surface area contributed by atoms with Crippen LogP contribution in [0.1, 0.15) is 33.4 Å². The summed E-state index contributed by atoms with van der Waals surface area (Å²) in [6.07, 6.45) is 2.81. The Hall–Kier alpha value is -1.69. The number of carbonyl (C=O) groups is 1. The molecule has 2 N–H and O–H groups in total. The van der Waals surface area contributed by atoms with Gasteiger partial charge in [-0.05, 0) is 33.8 Å². The Bertz CT molecular complexity index is 389. The predicted molar refractivity (Wildman–Crippen MR) is 72.6 cm³/mol. The van der Waals surface area contributed by atoms with E-state index in [4.69, 9.17) is 4.74 Å². The van der Waals surface area contributed by atoms with E-state index in [9.17, 15) is 4.79 Å². The molecule has 0 spiro atoms. The molecule has 1 unspecified atom stereocenters. The van der Waals surface area contributed by atoms with E-state index in [2.05, 4.69) is 20.6 Å². The standard InChI is InChI=1S/C13H22N4O2/c1-10(17-12(18)19-13(2,3)4)7-15-8-11-5-6-14-9-16-11/h5-6,9-10,15H,7-8H2,1-4H3,(H,17,18). The van der Waals surface area contributed by atoms with E-state index < -0.39 is 11.7 Å². The Morgan fingerprint density at radius 3 is 2.79 bits per heavy atom. The fourth-order valence-corrected chi connectivity index (χ4v) is 1.40. The van der Waals surface area contributed by atoms with Gasteiger partial charge in [0.2, 0.25) is 0 Å². The molecule has 6 nitrogen and oxygen atoms in total. The van der Waals surface area contributed by atoms with Gasteiger partial charge in [0.15, 0.2) is 0 Å². The fourth-order valence-electron chi connectivity index (χ4n) is 1.40. The topological polar surface area (TPSA) is 76.1 Å². The summed E-state index contributed by atoms with van der Waals surface area (Å²) in [6.45, 7) is 8.71.